The lowest BCUT2D eigenvalue weighted by Gasteiger charge is -2.23. The topological polar surface area (TPSA) is 93.4 Å². The van der Waals surface area contributed by atoms with Crippen LogP contribution in [0.2, 0.25) is 0 Å². The average molecular weight is 339 g/mol. The molecular weight excluding hydrogens is 331 g/mol. The number of aromatic nitrogens is 1. The molecule has 2 rings (SSSR count). The lowest BCUT2D eigenvalue weighted by molar-refractivity contribution is -0.155. The Balaban J connectivity index is 2.44. The summed E-state index contributed by atoms with van der Waals surface area (Å²) in [6.45, 7) is -1.20. The Labute approximate surface area is 122 Å². The third-order valence-electron chi connectivity index (χ3n) is 2.85. The van der Waals surface area contributed by atoms with Gasteiger partial charge in [0.15, 0.2) is 5.03 Å². The molecule has 0 saturated carbocycles. The van der Waals surface area contributed by atoms with Crippen LogP contribution in [0.15, 0.2) is 23.4 Å². The first kappa shape index (κ1) is 15.6. The summed E-state index contributed by atoms with van der Waals surface area (Å²) >= 11 is 4.31. The van der Waals surface area contributed by atoms with E-state index in [-0.39, 0.29) is 9.87 Å². The van der Waals surface area contributed by atoms with Gasteiger partial charge in [-0.25, -0.2) is 9.29 Å². The largest absolute Gasteiger partial charge is 0.399 e. The van der Waals surface area contributed by atoms with Crippen molar-refractivity contribution in [3.05, 3.63) is 23.9 Å². The third-order valence-corrected chi connectivity index (χ3v) is 4.84. The van der Waals surface area contributed by atoms with E-state index in [1.165, 1.54) is 12.1 Å². The van der Waals surface area contributed by atoms with Crippen LogP contribution in [0, 0.1) is 5.92 Å². The minimum Gasteiger partial charge on any atom is -0.393 e. The number of sulfonamides is 1. The van der Waals surface area contributed by atoms with E-state index in [9.17, 15) is 26.4 Å². The van der Waals surface area contributed by atoms with Gasteiger partial charge in [0.1, 0.15) is 5.92 Å². The van der Waals surface area contributed by atoms with Gasteiger partial charge in [0.25, 0.3) is 15.9 Å². The van der Waals surface area contributed by atoms with Crippen LogP contribution in [0.5, 0.6) is 0 Å². The predicted octanol–water partition coefficient (Wildman–Crippen LogP) is 0.691. The molecule has 6 nitrogen and oxygen atoms in total. The van der Waals surface area contributed by atoms with E-state index < -0.39 is 44.6 Å². The van der Waals surface area contributed by atoms with Gasteiger partial charge < -0.3 is 5.73 Å². The maximum absolute atomic E-state index is 12.8. The molecule has 0 fully saturated rings. The van der Waals surface area contributed by atoms with Gasteiger partial charge in [-0.15, -0.1) is 0 Å². The molecular formula is C10H8F3N3O3S2. The molecule has 1 atom stereocenters. The van der Waals surface area contributed by atoms with Gasteiger partial charge in [0.2, 0.25) is 0 Å². The van der Waals surface area contributed by atoms with Crippen molar-refractivity contribution in [1.82, 2.24) is 9.29 Å². The smallest absolute Gasteiger partial charge is 0.393 e. The van der Waals surface area contributed by atoms with Crippen LogP contribution < -0.4 is 5.73 Å². The molecule has 1 amide bonds. The SMILES string of the molecule is NC(=S)C(CN1C(=O)c2cccnc2S1(=O)=O)C(F)(F)F. The predicted molar refractivity (Wildman–Crippen MR) is 68.8 cm³/mol. The van der Waals surface area contributed by atoms with E-state index in [0.29, 0.717) is 0 Å². The number of carbonyl (C=O) groups is 1. The molecule has 21 heavy (non-hydrogen) atoms. The number of pyridine rings is 1. The molecule has 0 bridgehead atoms. The number of rotatable bonds is 3. The van der Waals surface area contributed by atoms with Gasteiger partial charge in [-0.1, -0.05) is 12.2 Å². The van der Waals surface area contributed by atoms with Gasteiger partial charge in [-0.05, 0) is 12.1 Å². The van der Waals surface area contributed by atoms with Crippen molar-refractivity contribution in [2.24, 2.45) is 11.7 Å². The fourth-order valence-electron chi connectivity index (χ4n) is 1.81. The van der Waals surface area contributed by atoms with Crippen LogP contribution in [0.25, 0.3) is 0 Å². The van der Waals surface area contributed by atoms with Crippen LogP contribution in [0.4, 0.5) is 13.2 Å². The molecule has 2 heterocycles. The lowest BCUT2D eigenvalue weighted by atomic mass is 10.1. The van der Waals surface area contributed by atoms with Crippen molar-refractivity contribution < 1.29 is 26.4 Å². The number of hydrogen-bond acceptors (Lipinski definition) is 5. The highest BCUT2D eigenvalue weighted by Gasteiger charge is 2.49. The standard InChI is InChI=1S/C10H8F3N3O3S2/c11-10(12,13)6(7(14)20)4-16-9(17)5-2-1-3-15-8(5)21(16,18)19/h1-3,6H,4H2,(H2,14,20). The zero-order valence-electron chi connectivity index (χ0n) is 10.2. The molecule has 1 aliphatic heterocycles. The second-order valence-electron chi connectivity index (χ2n) is 4.19. The van der Waals surface area contributed by atoms with Gasteiger partial charge in [-0.3, -0.25) is 4.79 Å². The van der Waals surface area contributed by atoms with Crippen molar-refractivity contribution >= 4 is 33.1 Å². The third kappa shape index (κ3) is 2.58. The summed E-state index contributed by atoms with van der Waals surface area (Å²) in [4.78, 5) is 14.5. The molecule has 1 aromatic heterocycles. The minimum atomic E-state index is -4.86. The van der Waals surface area contributed by atoms with Crippen LogP contribution in [0.1, 0.15) is 10.4 Å². The number of nitrogens with zero attached hydrogens (tertiary/aromatic N) is 2. The van der Waals surface area contributed by atoms with Gasteiger partial charge >= 0.3 is 6.18 Å². The monoisotopic (exact) mass is 339 g/mol. The quantitative estimate of drug-likeness (QED) is 0.815. The maximum atomic E-state index is 12.8. The summed E-state index contributed by atoms with van der Waals surface area (Å²) in [5.74, 6) is -3.50. The number of halogens is 3. The van der Waals surface area contributed by atoms with Crippen molar-refractivity contribution in [3.63, 3.8) is 0 Å². The molecule has 0 aliphatic carbocycles. The van der Waals surface area contributed by atoms with E-state index in [1.807, 2.05) is 0 Å². The first-order chi connectivity index (χ1) is 9.56. The highest BCUT2D eigenvalue weighted by Crippen LogP contribution is 2.33. The highest BCUT2D eigenvalue weighted by atomic mass is 32.2. The highest BCUT2D eigenvalue weighted by molar-refractivity contribution is 7.90. The van der Waals surface area contributed by atoms with Crippen LogP contribution >= 0.6 is 12.2 Å². The second-order valence-corrected chi connectivity index (χ2v) is 6.44. The zero-order valence-corrected chi connectivity index (χ0v) is 11.8. The van der Waals surface area contributed by atoms with E-state index in [0.717, 1.165) is 6.20 Å². The van der Waals surface area contributed by atoms with Crippen molar-refractivity contribution in [2.45, 2.75) is 11.2 Å². The average Bonchev–Trinajstić information content (AvgIpc) is 2.54. The van der Waals surface area contributed by atoms with E-state index in [2.05, 4.69) is 17.2 Å². The van der Waals surface area contributed by atoms with Crippen LogP contribution in [0.3, 0.4) is 0 Å². The van der Waals surface area contributed by atoms with E-state index in [4.69, 9.17) is 5.73 Å². The lowest BCUT2D eigenvalue weighted by Crippen LogP contribution is -2.45. The summed E-state index contributed by atoms with van der Waals surface area (Å²) in [7, 11) is -4.43. The molecule has 1 aliphatic rings. The van der Waals surface area contributed by atoms with Gasteiger partial charge in [0, 0.05) is 6.20 Å². The molecule has 114 valence electrons. The Kier molecular flexibility index (Phi) is 3.66. The maximum Gasteiger partial charge on any atom is 0.399 e. The number of hydrogen-bond donors (Lipinski definition) is 1. The number of nitrogens with two attached hydrogens (primary N) is 1. The van der Waals surface area contributed by atoms with Crippen molar-refractivity contribution in [1.29, 1.82) is 0 Å². The van der Waals surface area contributed by atoms with Crippen molar-refractivity contribution in [2.75, 3.05) is 6.54 Å². The molecule has 0 saturated heterocycles. The summed E-state index contributed by atoms with van der Waals surface area (Å²) in [6, 6.07) is 2.48. The molecule has 0 radical (unpaired) electrons. The summed E-state index contributed by atoms with van der Waals surface area (Å²) < 4.78 is 62.7. The Hall–Kier alpha value is -1.75. The summed E-state index contributed by atoms with van der Waals surface area (Å²) in [5.41, 5.74) is 4.73. The molecule has 1 unspecified atom stereocenters. The number of carbonyl (C=O) groups excluding carboxylic acids is 1. The zero-order chi connectivity index (χ0) is 16.0. The van der Waals surface area contributed by atoms with Crippen molar-refractivity contribution in [3.8, 4) is 0 Å². The molecule has 1 aromatic rings. The summed E-state index contributed by atoms with van der Waals surface area (Å²) in [6.07, 6.45) is -3.73. The summed E-state index contributed by atoms with van der Waals surface area (Å²) in [5, 5.41) is -0.570. The first-order valence-corrected chi connectivity index (χ1v) is 7.29. The van der Waals surface area contributed by atoms with Crippen LogP contribution in [-0.4, -0.2) is 41.3 Å². The molecule has 0 aromatic carbocycles. The van der Waals surface area contributed by atoms with E-state index >= 15 is 0 Å². The number of amides is 1. The molecule has 0 spiro atoms. The second kappa shape index (κ2) is 4.91. The Morgan fingerprint density at radius 1 is 1.48 bits per heavy atom. The number of alkyl halides is 3. The minimum absolute atomic E-state index is 0.0992. The van der Waals surface area contributed by atoms with E-state index in [1.54, 1.807) is 0 Å². The van der Waals surface area contributed by atoms with Gasteiger partial charge in [0.05, 0.1) is 17.1 Å². The Bertz CT molecular complexity index is 718. The van der Waals surface area contributed by atoms with Crippen LogP contribution in [-0.2, 0) is 10.0 Å². The molecule has 2 N–H and O–H groups in total. The normalized spacial score (nSPS) is 18.4. The fraction of sp³-hybridized carbons (Fsp3) is 0.300. The number of fused-ring (bicyclic) bond motifs is 1. The Morgan fingerprint density at radius 3 is 2.57 bits per heavy atom. The Morgan fingerprint density at radius 2 is 2.10 bits per heavy atom. The number of thiocarbonyl (C=S) groups is 1. The fourth-order valence-corrected chi connectivity index (χ4v) is 3.51. The molecule has 11 heteroatoms. The van der Waals surface area contributed by atoms with Gasteiger partial charge in [-0.2, -0.15) is 21.6 Å². The first-order valence-electron chi connectivity index (χ1n) is 5.45.